The molecule has 1 aromatic heterocycles. The van der Waals surface area contributed by atoms with Crippen molar-refractivity contribution < 1.29 is 9.26 Å². The minimum absolute atomic E-state index is 0.488. The monoisotopic (exact) mass is 327 g/mol. The summed E-state index contributed by atoms with van der Waals surface area (Å²) in [5.41, 5.74) is 2.35. The van der Waals surface area contributed by atoms with Gasteiger partial charge in [-0.3, -0.25) is 9.80 Å². The predicted molar refractivity (Wildman–Crippen MR) is 91.9 cm³/mol. The largest absolute Gasteiger partial charge is 0.497 e. The number of rotatable bonds is 4. The van der Waals surface area contributed by atoms with Crippen molar-refractivity contribution >= 4 is 0 Å². The third-order valence-corrected chi connectivity index (χ3v) is 5.48. The number of hydrogen-bond acceptors (Lipinski definition) is 5. The van der Waals surface area contributed by atoms with Crippen molar-refractivity contribution in [3.63, 3.8) is 0 Å². The second kappa shape index (κ2) is 6.22. The van der Waals surface area contributed by atoms with E-state index in [0.717, 1.165) is 49.3 Å². The summed E-state index contributed by atoms with van der Waals surface area (Å²) in [4.78, 5) is 5.02. The van der Waals surface area contributed by atoms with Crippen molar-refractivity contribution in [1.29, 1.82) is 0 Å². The molecule has 0 radical (unpaired) electrons. The number of benzene rings is 1. The fourth-order valence-electron chi connectivity index (χ4n) is 4.49. The fraction of sp³-hybridized carbons (Fsp3) is 0.526. The zero-order chi connectivity index (χ0) is 16.7. The summed E-state index contributed by atoms with van der Waals surface area (Å²) in [5, 5.41) is 4.00. The summed E-state index contributed by atoms with van der Waals surface area (Å²) in [6.45, 7) is 6.26. The maximum Gasteiger partial charge on any atom is 0.150 e. The third-order valence-electron chi connectivity index (χ3n) is 5.48. The number of nitrogens with zero attached hydrogens (tertiary/aromatic N) is 3. The van der Waals surface area contributed by atoms with Gasteiger partial charge < -0.3 is 9.26 Å². The summed E-state index contributed by atoms with van der Waals surface area (Å²) in [5.74, 6) is 3.30. The van der Waals surface area contributed by atoms with Crippen LogP contribution in [0.15, 0.2) is 34.9 Å². The van der Waals surface area contributed by atoms with E-state index >= 15 is 0 Å². The molecule has 0 bridgehead atoms. The highest BCUT2D eigenvalue weighted by Gasteiger charge is 2.46. The summed E-state index contributed by atoms with van der Waals surface area (Å²) >= 11 is 0. The molecule has 24 heavy (non-hydrogen) atoms. The van der Waals surface area contributed by atoms with Crippen LogP contribution < -0.4 is 4.74 Å². The van der Waals surface area contributed by atoms with Crippen LogP contribution in [0, 0.1) is 18.8 Å². The lowest BCUT2D eigenvalue weighted by Gasteiger charge is -2.26. The fourth-order valence-corrected chi connectivity index (χ4v) is 4.49. The van der Waals surface area contributed by atoms with Crippen LogP contribution in [0.25, 0.3) is 0 Å². The Morgan fingerprint density at radius 1 is 1.21 bits per heavy atom. The highest BCUT2D eigenvalue weighted by Crippen LogP contribution is 2.44. The molecule has 2 aliphatic heterocycles. The maximum absolute atomic E-state index is 5.39. The molecular weight excluding hydrogens is 302 g/mol. The molecule has 5 heteroatoms. The van der Waals surface area contributed by atoms with Crippen LogP contribution in [0.4, 0.5) is 0 Å². The molecule has 3 heterocycles. The first kappa shape index (κ1) is 15.7. The Morgan fingerprint density at radius 2 is 2.00 bits per heavy atom. The van der Waals surface area contributed by atoms with Crippen molar-refractivity contribution in [2.45, 2.75) is 19.5 Å². The van der Waals surface area contributed by atoms with Crippen LogP contribution in [-0.2, 0) is 6.54 Å². The van der Waals surface area contributed by atoms with Gasteiger partial charge in [0.05, 0.1) is 19.3 Å². The predicted octanol–water partition coefficient (Wildman–Crippen LogP) is 2.73. The maximum atomic E-state index is 5.39. The van der Waals surface area contributed by atoms with E-state index in [1.165, 1.54) is 5.56 Å². The SMILES string of the molecule is COc1ccc([C@@H]2[C@@H]3CN(Cc4cc(C)no4)C[C@@H]3CN2C)cc1. The van der Waals surface area contributed by atoms with E-state index in [9.17, 15) is 0 Å². The van der Waals surface area contributed by atoms with E-state index in [1.807, 2.05) is 13.0 Å². The lowest BCUT2D eigenvalue weighted by atomic mass is 9.89. The molecule has 4 rings (SSSR count). The van der Waals surface area contributed by atoms with Crippen molar-refractivity contribution in [2.75, 3.05) is 33.8 Å². The Bertz CT molecular complexity index is 697. The van der Waals surface area contributed by atoms with Crippen molar-refractivity contribution in [1.82, 2.24) is 15.0 Å². The van der Waals surface area contributed by atoms with E-state index in [1.54, 1.807) is 7.11 Å². The minimum atomic E-state index is 0.488. The first-order chi connectivity index (χ1) is 11.6. The Hall–Kier alpha value is -1.85. The molecule has 2 aromatic rings. The average molecular weight is 327 g/mol. The topological polar surface area (TPSA) is 41.7 Å². The molecule has 2 aliphatic rings. The number of aryl methyl sites for hydroxylation is 1. The first-order valence-corrected chi connectivity index (χ1v) is 8.63. The first-order valence-electron chi connectivity index (χ1n) is 8.63. The summed E-state index contributed by atoms with van der Waals surface area (Å²) in [6.07, 6.45) is 0. The number of fused-ring (bicyclic) bond motifs is 1. The van der Waals surface area contributed by atoms with E-state index in [2.05, 4.69) is 46.3 Å². The number of hydrogen-bond donors (Lipinski definition) is 0. The van der Waals surface area contributed by atoms with Crippen LogP contribution >= 0.6 is 0 Å². The van der Waals surface area contributed by atoms with E-state index in [-0.39, 0.29) is 0 Å². The summed E-state index contributed by atoms with van der Waals surface area (Å²) in [6, 6.07) is 11.1. The van der Waals surface area contributed by atoms with Gasteiger partial charge in [0.2, 0.25) is 0 Å². The third kappa shape index (κ3) is 2.82. The Labute approximate surface area is 143 Å². The van der Waals surface area contributed by atoms with Gasteiger partial charge in [0.25, 0.3) is 0 Å². The smallest absolute Gasteiger partial charge is 0.150 e. The van der Waals surface area contributed by atoms with Gasteiger partial charge in [-0.2, -0.15) is 0 Å². The van der Waals surface area contributed by atoms with Crippen molar-refractivity contribution in [3.05, 3.63) is 47.3 Å². The molecule has 0 saturated carbocycles. The lowest BCUT2D eigenvalue weighted by molar-refractivity contribution is 0.210. The molecule has 2 fully saturated rings. The number of methoxy groups -OCH3 is 1. The molecule has 128 valence electrons. The van der Waals surface area contributed by atoms with Gasteiger partial charge in [0, 0.05) is 31.7 Å². The molecular formula is C19H25N3O2. The molecule has 0 unspecified atom stereocenters. The Morgan fingerprint density at radius 3 is 2.67 bits per heavy atom. The Kier molecular flexibility index (Phi) is 4.06. The van der Waals surface area contributed by atoms with E-state index < -0.39 is 0 Å². The average Bonchev–Trinajstić information content (AvgIpc) is 3.22. The molecule has 0 aliphatic carbocycles. The molecule has 5 nitrogen and oxygen atoms in total. The van der Waals surface area contributed by atoms with Crippen LogP contribution in [0.1, 0.15) is 23.1 Å². The van der Waals surface area contributed by atoms with Crippen LogP contribution in [0.2, 0.25) is 0 Å². The van der Waals surface area contributed by atoms with Crippen molar-refractivity contribution in [3.8, 4) is 5.75 Å². The van der Waals surface area contributed by atoms with Gasteiger partial charge in [0.15, 0.2) is 5.76 Å². The van der Waals surface area contributed by atoms with Gasteiger partial charge >= 0.3 is 0 Å². The highest BCUT2D eigenvalue weighted by molar-refractivity contribution is 5.30. The van der Waals surface area contributed by atoms with Crippen molar-refractivity contribution in [2.24, 2.45) is 11.8 Å². The molecule has 1 aromatic carbocycles. The van der Waals surface area contributed by atoms with Gasteiger partial charge in [-0.25, -0.2) is 0 Å². The van der Waals surface area contributed by atoms with Crippen LogP contribution in [-0.4, -0.2) is 48.7 Å². The van der Waals surface area contributed by atoms with E-state index in [4.69, 9.17) is 9.26 Å². The van der Waals surface area contributed by atoms with Crippen LogP contribution in [0.5, 0.6) is 5.75 Å². The normalized spacial score (nSPS) is 27.5. The molecule has 0 N–H and O–H groups in total. The molecule has 0 amide bonds. The minimum Gasteiger partial charge on any atom is -0.497 e. The standard InChI is InChI=1S/C19H25N3O2/c1-13-8-17(24-20-13)11-22-10-15-9-21(2)19(18(15)12-22)14-4-6-16(23-3)7-5-14/h4-8,15,18-19H,9-12H2,1-3H3/t15-,18+,19+/m0/s1. The summed E-state index contributed by atoms with van der Waals surface area (Å²) in [7, 11) is 3.96. The van der Waals surface area contributed by atoms with Gasteiger partial charge in [0.1, 0.15) is 5.75 Å². The summed E-state index contributed by atoms with van der Waals surface area (Å²) < 4.78 is 10.7. The highest BCUT2D eigenvalue weighted by atomic mass is 16.5. The Balaban J connectivity index is 1.48. The zero-order valence-corrected chi connectivity index (χ0v) is 14.6. The molecule has 2 saturated heterocycles. The van der Waals surface area contributed by atoms with Gasteiger partial charge in [-0.15, -0.1) is 0 Å². The number of ether oxygens (including phenoxy) is 1. The second-order valence-corrected chi connectivity index (χ2v) is 7.21. The number of likely N-dealkylation sites (tertiary alicyclic amines) is 2. The number of aromatic nitrogens is 1. The quantitative estimate of drug-likeness (QED) is 0.864. The van der Waals surface area contributed by atoms with E-state index in [0.29, 0.717) is 12.0 Å². The molecule has 3 atom stereocenters. The van der Waals surface area contributed by atoms with Crippen LogP contribution in [0.3, 0.4) is 0 Å². The van der Waals surface area contributed by atoms with Gasteiger partial charge in [-0.05, 0) is 43.5 Å². The van der Waals surface area contributed by atoms with Gasteiger partial charge in [-0.1, -0.05) is 17.3 Å². The lowest BCUT2D eigenvalue weighted by Crippen LogP contribution is -2.28. The second-order valence-electron chi connectivity index (χ2n) is 7.21. The molecule has 0 spiro atoms. The zero-order valence-electron chi connectivity index (χ0n) is 14.6.